The molecule has 2 aromatic heterocycles. The van der Waals surface area contributed by atoms with Crippen molar-refractivity contribution in [3.05, 3.63) is 53.1 Å². The van der Waals surface area contributed by atoms with E-state index < -0.39 is 23.8 Å². The highest BCUT2D eigenvalue weighted by molar-refractivity contribution is 7.99. The first-order valence-electron chi connectivity index (χ1n) is 9.74. The van der Waals surface area contributed by atoms with Gasteiger partial charge in [-0.3, -0.25) is 4.98 Å². The fourth-order valence-electron chi connectivity index (χ4n) is 3.60. The van der Waals surface area contributed by atoms with Crippen molar-refractivity contribution in [1.82, 2.24) is 15.2 Å². The van der Waals surface area contributed by atoms with Gasteiger partial charge in [0.2, 0.25) is 0 Å². The number of aromatic nitrogens is 3. The number of halogens is 3. The number of hydrogen-bond donors (Lipinski definition) is 1. The number of nitrogens with one attached hydrogen (secondary N) is 1. The maximum atomic E-state index is 14.6. The van der Waals surface area contributed by atoms with Crippen molar-refractivity contribution in [2.24, 2.45) is 0 Å². The Balaban J connectivity index is 1.70. The molecule has 30 heavy (non-hydrogen) atoms. The SMILES string of the molecule is Cc1nnc(NC(C)c2cccc(C(F)F)c2F)c2cc(N3CCSCC3)cnc12. The van der Waals surface area contributed by atoms with Gasteiger partial charge >= 0.3 is 0 Å². The Kier molecular flexibility index (Phi) is 5.99. The minimum atomic E-state index is -2.87. The molecule has 1 fully saturated rings. The lowest BCUT2D eigenvalue weighted by Crippen LogP contribution is -2.32. The standard InChI is InChI=1S/C21H22F3N5S/c1-12(15-4-3-5-16(18(15)22)20(23)24)26-21-17-10-14(29-6-8-30-9-7-29)11-25-19(17)13(2)27-28-21/h3-5,10-12,20H,6-9H2,1-2H3,(H,26,28). The molecule has 0 amide bonds. The fraction of sp³-hybridized carbons (Fsp3) is 0.381. The number of fused-ring (bicyclic) bond motifs is 1. The first kappa shape index (κ1) is 20.7. The summed E-state index contributed by atoms with van der Waals surface area (Å²) in [5.74, 6) is 1.67. The van der Waals surface area contributed by atoms with Crippen molar-refractivity contribution in [1.29, 1.82) is 0 Å². The van der Waals surface area contributed by atoms with Crippen LogP contribution in [-0.4, -0.2) is 39.8 Å². The molecule has 1 atom stereocenters. The van der Waals surface area contributed by atoms with Crippen LogP contribution >= 0.6 is 11.8 Å². The molecule has 5 nitrogen and oxygen atoms in total. The highest BCUT2D eigenvalue weighted by Gasteiger charge is 2.21. The van der Waals surface area contributed by atoms with Gasteiger partial charge in [0.15, 0.2) is 5.82 Å². The number of hydrogen-bond acceptors (Lipinski definition) is 6. The van der Waals surface area contributed by atoms with Gasteiger partial charge in [0, 0.05) is 35.5 Å². The van der Waals surface area contributed by atoms with E-state index in [1.165, 1.54) is 12.1 Å². The number of rotatable bonds is 5. The summed E-state index contributed by atoms with van der Waals surface area (Å²) in [5, 5.41) is 12.3. The summed E-state index contributed by atoms with van der Waals surface area (Å²) in [7, 11) is 0. The summed E-state index contributed by atoms with van der Waals surface area (Å²) in [5.41, 5.74) is 1.94. The lowest BCUT2D eigenvalue weighted by atomic mass is 10.0. The highest BCUT2D eigenvalue weighted by Crippen LogP contribution is 2.32. The molecule has 1 saturated heterocycles. The number of anilines is 2. The Morgan fingerprint density at radius 1 is 1.13 bits per heavy atom. The fourth-order valence-corrected chi connectivity index (χ4v) is 4.51. The molecular weight excluding hydrogens is 411 g/mol. The highest BCUT2D eigenvalue weighted by atomic mass is 32.2. The van der Waals surface area contributed by atoms with Crippen molar-refractivity contribution >= 4 is 34.2 Å². The Morgan fingerprint density at radius 3 is 2.60 bits per heavy atom. The first-order chi connectivity index (χ1) is 14.5. The van der Waals surface area contributed by atoms with Crippen LogP contribution in [0.25, 0.3) is 10.9 Å². The van der Waals surface area contributed by atoms with Crippen molar-refractivity contribution in [2.75, 3.05) is 34.8 Å². The minimum Gasteiger partial charge on any atom is -0.369 e. The van der Waals surface area contributed by atoms with Gasteiger partial charge in [-0.25, -0.2) is 13.2 Å². The number of pyridine rings is 1. The van der Waals surface area contributed by atoms with Gasteiger partial charge in [-0.2, -0.15) is 16.9 Å². The lowest BCUT2D eigenvalue weighted by Gasteiger charge is -2.28. The van der Waals surface area contributed by atoms with Gasteiger partial charge in [-0.1, -0.05) is 18.2 Å². The molecule has 0 spiro atoms. The van der Waals surface area contributed by atoms with E-state index in [4.69, 9.17) is 0 Å². The summed E-state index contributed by atoms with van der Waals surface area (Å²) in [6, 6.07) is 5.47. The zero-order chi connectivity index (χ0) is 21.3. The van der Waals surface area contributed by atoms with E-state index >= 15 is 0 Å². The second-order valence-electron chi connectivity index (χ2n) is 7.24. The molecule has 1 aliphatic heterocycles. The zero-order valence-electron chi connectivity index (χ0n) is 16.7. The molecular formula is C21H22F3N5S. The van der Waals surface area contributed by atoms with Crippen LogP contribution in [0.15, 0.2) is 30.5 Å². The van der Waals surface area contributed by atoms with E-state index in [1.54, 1.807) is 6.92 Å². The number of thioether (sulfide) groups is 1. The zero-order valence-corrected chi connectivity index (χ0v) is 17.5. The van der Waals surface area contributed by atoms with Crippen LogP contribution in [0.4, 0.5) is 24.7 Å². The molecule has 0 aliphatic carbocycles. The molecule has 3 heterocycles. The molecule has 1 unspecified atom stereocenters. The van der Waals surface area contributed by atoms with Crippen molar-refractivity contribution in [2.45, 2.75) is 26.3 Å². The molecule has 0 bridgehead atoms. The van der Waals surface area contributed by atoms with Crippen LogP contribution in [0.5, 0.6) is 0 Å². The van der Waals surface area contributed by atoms with Crippen LogP contribution in [0.1, 0.15) is 36.2 Å². The predicted octanol–water partition coefficient (Wildman–Crippen LogP) is 5.14. The summed E-state index contributed by atoms with van der Waals surface area (Å²) < 4.78 is 40.7. The van der Waals surface area contributed by atoms with Gasteiger partial charge in [0.1, 0.15) is 5.82 Å². The number of alkyl halides is 2. The van der Waals surface area contributed by atoms with Crippen molar-refractivity contribution in [3.8, 4) is 0 Å². The quantitative estimate of drug-likeness (QED) is 0.602. The van der Waals surface area contributed by atoms with Gasteiger partial charge in [-0.05, 0) is 19.9 Å². The molecule has 0 radical (unpaired) electrons. The molecule has 4 rings (SSSR count). The monoisotopic (exact) mass is 433 g/mol. The number of aryl methyl sites for hydroxylation is 1. The average Bonchev–Trinajstić information content (AvgIpc) is 2.76. The Hall–Kier alpha value is -2.55. The molecule has 9 heteroatoms. The van der Waals surface area contributed by atoms with Crippen molar-refractivity contribution in [3.63, 3.8) is 0 Å². The van der Waals surface area contributed by atoms with Gasteiger partial charge in [0.25, 0.3) is 6.43 Å². The predicted molar refractivity (Wildman–Crippen MR) is 115 cm³/mol. The molecule has 1 aliphatic rings. The lowest BCUT2D eigenvalue weighted by molar-refractivity contribution is 0.146. The molecule has 1 aromatic carbocycles. The van der Waals surface area contributed by atoms with Gasteiger partial charge < -0.3 is 10.2 Å². The van der Waals surface area contributed by atoms with Crippen LogP contribution in [0.2, 0.25) is 0 Å². The molecule has 158 valence electrons. The van der Waals surface area contributed by atoms with Crippen molar-refractivity contribution < 1.29 is 13.2 Å². The Labute approximate surface area is 177 Å². The van der Waals surface area contributed by atoms with Gasteiger partial charge in [-0.15, -0.1) is 5.10 Å². The summed E-state index contributed by atoms with van der Waals surface area (Å²) in [6.07, 6.45) is -1.03. The van der Waals surface area contributed by atoms with Crippen LogP contribution in [0.3, 0.4) is 0 Å². The number of nitrogens with zero attached hydrogens (tertiary/aromatic N) is 4. The first-order valence-corrected chi connectivity index (χ1v) is 10.9. The van der Waals surface area contributed by atoms with Gasteiger partial charge in [0.05, 0.1) is 34.7 Å². The third-order valence-corrected chi connectivity index (χ3v) is 6.20. The molecule has 0 saturated carbocycles. The normalized spacial score (nSPS) is 15.6. The van der Waals surface area contributed by atoms with E-state index in [0.717, 1.165) is 41.7 Å². The van der Waals surface area contributed by atoms with Crippen LogP contribution < -0.4 is 10.2 Å². The topological polar surface area (TPSA) is 53.9 Å². The Morgan fingerprint density at radius 2 is 1.87 bits per heavy atom. The molecule has 1 N–H and O–H groups in total. The van der Waals surface area contributed by atoms with E-state index in [9.17, 15) is 13.2 Å². The largest absolute Gasteiger partial charge is 0.369 e. The second-order valence-corrected chi connectivity index (χ2v) is 8.47. The smallest absolute Gasteiger partial charge is 0.266 e. The van der Waals surface area contributed by atoms with Crippen LogP contribution in [0, 0.1) is 12.7 Å². The maximum Gasteiger partial charge on any atom is 0.266 e. The third kappa shape index (κ3) is 4.03. The molecule has 3 aromatic rings. The van der Waals surface area contributed by atoms with E-state index in [0.29, 0.717) is 17.0 Å². The van der Waals surface area contributed by atoms with E-state index in [1.807, 2.05) is 30.9 Å². The third-order valence-electron chi connectivity index (χ3n) is 5.26. The second kappa shape index (κ2) is 8.67. The number of benzene rings is 1. The van der Waals surface area contributed by atoms with E-state index in [-0.39, 0.29) is 5.56 Å². The summed E-state index contributed by atoms with van der Waals surface area (Å²) >= 11 is 1.93. The average molecular weight is 434 g/mol. The van der Waals surface area contributed by atoms with E-state index in [2.05, 4.69) is 25.4 Å². The van der Waals surface area contributed by atoms with Crippen LogP contribution in [-0.2, 0) is 0 Å². The summed E-state index contributed by atoms with van der Waals surface area (Å²) in [4.78, 5) is 6.86. The minimum absolute atomic E-state index is 0.153. The summed E-state index contributed by atoms with van der Waals surface area (Å²) in [6.45, 7) is 5.43. The Bertz CT molecular complexity index is 1060. The maximum absolute atomic E-state index is 14.6.